The molecule has 3 heteroatoms. The van der Waals surface area contributed by atoms with Gasteiger partial charge < -0.3 is 9.84 Å². The van der Waals surface area contributed by atoms with Crippen LogP contribution in [0.2, 0.25) is 0 Å². The van der Waals surface area contributed by atoms with Crippen molar-refractivity contribution < 1.29 is 14.6 Å². The summed E-state index contributed by atoms with van der Waals surface area (Å²) in [6.45, 7) is 15.3. The number of rotatable bonds is 3. The van der Waals surface area contributed by atoms with Crippen molar-refractivity contribution in [3.8, 4) is 0 Å². The fourth-order valence-corrected chi connectivity index (χ4v) is 0.262. The van der Waals surface area contributed by atoms with Crippen LogP contribution < -0.4 is 0 Å². The van der Waals surface area contributed by atoms with Crippen molar-refractivity contribution in [1.82, 2.24) is 0 Å². The highest BCUT2D eigenvalue weighted by atomic mass is 16.5. The zero-order valence-corrected chi connectivity index (χ0v) is 9.95. The molecule has 0 aliphatic carbocycles. The van der Waals surface area contributed by atoms with E-state index in [1.807, 2.05) is 13.8 Å². The van der Waals surface area contributed by atoms with Crippen LogP contribution in [0.3, 0.4) is 0 Å². The fourth-order valence-electron chi connectivity index (χ4n) is 0.262. The smallest absolute Gasteiger partial charge is 0.333 e. The third-order valence-electron chi connectivity index (χ3n) is 0.673. The monoisotopic (exact) mass is 214 g/mol. The predicted molar refractivity (Wildman–Crippen MR) is 64.6 cm³/mol. The molecule has 1 N–H and O–H groups in total. The Kier molecular flexibility index (Phi) is 23.7. The quantitative estimate of drug-likeness (QED) is 0.446. The standard InChI is InChI=1S/C6H10O3.2C3H6/c1-5(2)6(8)9-4-3-7;2*1-3-2/h7H,1,3-4H2,2H3;2*3H,1H2,2H3. The molecule has 0 atom stereocenters. The summed E-state index contributed by atoms with van der Waals surface area (Å²) in [6, 6.07) is 0. The van der Waals surface area contributed by atoms with Gasteiger partial charge in [-0.3, -0.25) is 0 Å². The molecule has 88 valence electrons. The van der Waals surface area contributed by atoms with Crippen LogP contribution in [-0.2, 0) is 9.53 Å². The van der Waals surface area contributed by atoms with E-state index in [0.717, 1.165) is 0 Å². The average molecular weight is 214 g/mol. The minimum Gasteiger partial charge on any atom is -0.460 e. The van der Waals surface area contributed by atoms with Crippen molar-refractivity contribution >= 4 is 5.97 Å². The van der Waals surface area contributed by atoms with E-state index in [2.05, 4.69) is 24.5 Å². The second kappa shape index (κ2) is 18.4. The average Bonchev–Trinajstić information content (AvgIpc) is 2.16. The van der Waals surface area contributed by atoms with E-state index in [4.69, 9.17) is 5.11 Å². The summed E-state index contributed by atoms with van der Waals surface area (Å²) in [6.07, 6.45) is 3.50. The molecule has 0 aliphatic rings. The fraction of sp³-hybridized carbons (Fsp3) is 0.417. The van der Waals surface area contributed by atoms with Crippen molar-refractivity contribution in [3.63, 3.8) is 0 Å². The van der Waals surface area contributed by atoms with Gasteiger partial charge in [0.25, 0.3) is 0 Å². The largest absolute Gasteiger partial charge is 0.460 e. The summed E-state index contributed by atoms with van der Waals surface area (Å²) in [7, 11) is 0. The topological polar surface area (TPSA) is 46.5 Å². The van der Waals surface area contributed by atoms with E-state index in [1.165, 1.54) is 0 Å². The van der Waals surface area contributed by atoms with E-state index >= 15 is 0 Å². The highest BCUT2D eigenvalue weighted by Gasteiger charge is 1.99. The summed E-state index contributed by atoms with van der Waals surface area (Å²) >= 11 is 0. The molecule has 0 spiro atoms. The van der Waals surface area contributed by atoms with Gasteiger partial charge in [0.1, 0.15) is 6.61 Å². The molecule has 0 saturated carbocycles. The molecular weight excluding hydrogens is 192 g/mol. The summed E-state index contributed by atoms with van der Waals surface area (Å²) in [5.41, 5.74) is 0.350. The van der Waals surface area contributed by atoms with Crippen LogP contribution in [-0.4, -0.2) is 24.3 Å². The van der Waals surface area contributed by atoms with E-state index in [0.29, 0.717) is 5.57 Å². The maximum absolute atomic E-state index is 10.5. The van der Waals surface area contributed by atoms with Crippen molar-refractivity contribution in [1.29, 1.82) is 0 Å². The molecular formula is C12H22O3. The van der Waals surface area contributed by atoms with Crippen LogP contribution >= 0.6 is 0 Å². The van der Waals surface area contributed by atoms with Crippen molar-refractivity contribution in [2.45, 2.75) is 20.8 Å². The lowest BCUT2D eigenvalue weighted by Gasteiger charge is -1.99. The molecule has 15 heavy (non-hydrogen) atoms. The van der Waals surface area contributed by atoms with Gasteiger partial charge in [0.2, 0.25) is 0 Å². The molecule has 0 aromatic heterocycles. The molecule has 0 unspecified atom stereocenters. The van der Waals surface area contributed by atoms with Crippen LogP contribution in [0.15, 0.2) is 37.5 Å². The van der Waals surface area contributed by atoms with E-state index in [1.54, 1.807) is 19.1 Å². The zero-order valence-electron chi connectivity index (χ0n) is 9.95. The minimum absolute atomic E-state index is 0.0473. The lowest BCUT2D eigenvalue weighted by molar-refractivity contribution is -0.139. The molecule has 0 radical (unpaired) electrons. The van der Waals surface area contributed by atoms with Crippen LogP contribution in [0.25, 0.3) is 0 Å². The third-order valence-corrected chi connectivity index (χ3v) is 0.673. The van der Waals surface area contributed by atoms with Gasteiger partial charge in [0.15, 0.2) is 0 Å². The normalized spacial score (nSPS) is 6.93. The second-order valence-corrected chi connectivity index (χ2v) is 2.46. The van der Waals surface area contributed by atoms with Crippen LogP contribution in [0.5, 0.6) is 0 Å². The number of hydrogen-bond acceptors (Lipinski definition) is 3. The lowest BCUT2D eigenvalue weighted by Crippen LogP contribution is -2.08. The van der Waals surface area contributed by atoms with Gasteiger partial charge in [0.05, 0.1) is 6.61 Å². The van der Waals surface area contributed by atoms with Crippen molar-refractivity contribution in [2.75, 3.05) is 13.2 Å². The van der Waals surface area contributed by atoms with Crippen LogP contribution in [0.1, 0.15) is 20.8 Å². The molecule has 3 nitrogen and oxygen atoms in total. The summed E-state index contributed by atoms with van der Waals surface area (Å²) in [5, 5.41) is 8.19. The molecule has 0 aromatic carbocycles. The van der Waals surface area contributed by atoms with Crippen molar-refractivity contribution in [3.05, 3.63) is 37.5 Å². The van der Waals surface area contributed by atoms with Gasteiger partial charge in [-0.25, -0.2) is 4.79 Å². The Morgan fingerprint density at radius 3 is 1.87 bits per heavy atom. The first kappa shape index (κ1) is 19.3. The number of carbonyl (C=O) groups excluding carboxylic acids is 1. The van der Waals surface area contributed by atoms with E-state index < -0.39 is 5.97 Å². The summed E-state index contributed by atoms with van der Waals surface area (Å²) in [4.78, 5) is 10.5. The first-order valence-electron chi connectivity index (χ1n) is 4.59. The van der Waals surface area contributed by atoms with E-state index in [9.17, 15) is 4.79 Å². The molecule has 0 amide bonds. The van der Waals surface area contributed by atoms with Gasteiger partial charge >= 0.3 is 5.97 Å². The van der Waals surface area contributed by atoms with Crippen LogP contribution in [0.4, 0.5) is 0 Å². The first-order chi connectivity index (χ1) is 7.01. The number of hydrogen-bond donors (Lipinski definition) is 1. The van der Waals surface area contributed by atoms with Gasteiger partial charge in [0, 0.05) is 5.57 Å². The summed E-state index contributed by atoms with van der Waals surface area (Å²) in [5.74, 6) is -0.455. The van der Waals surface area contributed by atoms with E-state index in [-0.39, 0.29) is 13.2 Å². The summed E-state index contributed by atoms with van der Waals surface area (Å²) < 4.78 is 4.46. The molecule has 0 heterocycles. The maximum Gasteiger partial charge on any atom is 0.333 e. The SMILES string of the molecule is C=C(C)C(=O)OCCO.C=CC.C=CC. The van der Waals surface area contributed by atoms with Gasteiger partial charge in [-0.1, -0.05) is 18.7 Å². The Balaban J connectivity index is -0.000000200. The zero-order chi connectivity index (χ0) is 12.7. The van der Waals surface area contributed by atoms with Gasteiger partial charge in [-0.05, 0) is 20.8 Å². The maximum atomic E-state index is 10.5. The first-order valence-corrected chi connectivity index (χ1v) is 4.59. The molecule has 0 rings (SSSR count). The number of esters is 1. The number of aliphatic hydroxyl groups is 1. The number of aliphatic hydroxyl groups excluding tert-OH is 1. The number of ether oxygens (including phenoxy) is 1. The van der Waals surface area contributed by atoms with Gasteiger partial charge in [-0.2, -0.15) is 0 Å². The second-order valence-electron chi connectivity index (χ2n) is 2.46. The number of carbonyl (C=O) groups is 1. The molecule has 0 aromatic rings. The number of allylic oxidation sites excluding steroid dienone is 2. The molecule has 0 saturated heterocycles. The lowest BCUT2D eigenvalue weighted by atomic mass is 10.4. The Morgan fingerprint density at radius 2 is 1.67 bits per heavy atom. The minimum atomic E-state index is -0.455. The Bertz CT molecular complexity index is 177. The highest BCUT2D eigenvalue weighted by Crippen LogP contribution is 1.89. The predicted octanol–water partition coefficient (Wildman–Crippen LogP) is 2.48. The van der Waals surface area contributed by atoms with Crippen LogP contribution in [0, 0.1) is 0 Å². The Morgan fingerprint density at radius 1 is 1.33 bits per heavy atom. The molecule has 0 bridgehead atoms. The third kappa shape index (κ3) is 32.4. The highest BCUT2D eigenvalue weighted by molar-refractivity contribution is 5.86. The van der Waals surface area contributed by atoms with Crippen molar-refractivity contribution in [2.24, 2.45) is 0 Å². The molecule has 0 aliphatic heterocycles. The van der Waals surface area contributed by atoms with Gasteiger partial charge in [-0.15, -0.1) is 13.2 Å². The Hall–Kier alpha value is -1.35. The Labute approximate surface area is 92.8 Å². The molecule has 0 fully saturated rings.